The van der Waals surface area contributed by atoms with Crippen molar-refractivity contribution in [3.05, 3.63) is 11.9 Å². The van der Waals surface area contributed by atoms with Gasteiger partial charge in [-0.3, -0.25) is 19.3 Å². The molecule has 1 aromatic rings. The van der Waals surface area contributed by atoms with Crippen molar-refractivity contribution in [1.29, 1.82) is 0 Å². The Morgan fingerprint density at radius 2 is 1.40 bits per heavy atom. The molecular formula is C31H53N5O7. The molecule has 43 heavy (non-hydrogen) atoms. The maximum absolute atomic E-state index is 12.7. The summed E-state index contributed by atoms with van der Waals surface area (Å²) in [6.07, 6.45) is 4.55. The molecule has 0 aromatic carbocycles. The highest BCUT2D eigenvalue weighted by atomic mass is 16.6. The molecule has 3 heterocycles. The quantitative estimate of drug-likeness (QED) is 0.194. The average Bonchev–Trinajstić information content (AvgIpc) is 3.52. The van der Waals surface area contributed by atoms with Gasteiger partial charge in [-0.15, -0.1) is 5.10 Å². The number of aromatic nitrogens is 3. The highest BCUT2D eigenvalue weighted by Crippen LogP contribution is 2.36. The number of piperidine rings is 1. The van der Waals surface area contributed by atoms with E-state index in [-0.39, 0.29) is 42.0 Å². The first kappa shape index (κ1) is 35.1. The highest BCUT2D eigenvalue weighted by molar-refractivity contribution is 6.03. The fraction of sp³-hybridized carbons (Fsp3) is 0.839. The Bertz CT molecular complexity index is 1020. The van der Waals surface area contributed by atoms with Crippen LogP contribution in [0.5, 0.6) is 0 Å². The number of nitrogens with zero attached hydrogens (tertiary/aromatic N) is 5. The summed E-state index contributed by atoms with van der Waals surface area (Å²) >= 11 is 0. The van der Waals surface area contributed by atoms with E-state index in [2.05, 4.69) is 31.1 Å². The van der Waals surface area contributed by atoms with Gasteiger partial charge in [0, 0.05) is 19.5 Å². The molecule has 2 aliphatic rings. The maximum atomic E-state index is 12.7. The number of imide groups is 1. The number of ether oxygens (including phenoxy) is 4. The van der Waals surface area contributed by atoms with Gasteiger partial charge in [-0.1, -0.05) is 46.8 Å². The van der Waals surface area contributed by atoms with E-state index >= 15 is 0 Å². The first-order chi connectivity index (χ1) is 20.4. The van der Waals surface area contributed by atoms with Crippen LogP contribution in [0.15, 0.2) is 6.20 Å². The summed E-state index contributed by atoms with van der Waals surface area (Å²) in [5, 5.41) is 8.17. The van der Waals surface area contributed by atoms with Crippen molar-refractivity contribution < 1.29 is 33.3 Å². The minimum Gasteiger partial charge on any atom is -0.379 e. The third kappa shape index (κ3) is 11.6. The Morgan fingerprint density at radius 1 is 0.837 bits per heavy atom. The number of likely N-dealkylation sites (tertiary alicyclic amines) is 2. The van der Waals surface area contributed by atoms with Crippen LogP contribution in [0.3, 0.4) is 0 Å². The van der Waals surface area contributed by atoms with Crippen molar-refractivity contribution in [3.63, 3.8) is 0 Å². The molecule has 12 nitrogen and oxygen atoms in total. The third-order valence-corrected chi connectivity index (χ3v) is 8.31. The molecule has 2 saturated heterocycles. The van der Waals surface area contributed by atoms with Crippen molar-refractivity contribution in [3.8, 4) is 0 Å². The zero-order valence-corrected chi connectivity index (χ0v) is 27.1. The number of hydrogen-bond acceptors (Lipinski definition) is 9. The summed E-state index contributed by atoms with van der Waals surface area (Å²) in [7, 11) is 0. The van der Waals surface area contributed by atoms with E-state index in [9.17, 15) is 14.4 Å². The summed E-state index contributed by atoms with van der Waals surface area (Å²) in [4.78, 5) is 40.7. The molecular weight excluding hydrogens is 554 g/mol. The fourth-order valence-electron chi connectivity index (χ4n) is 5.44. The highest BCUT2D eigenvalue weighted by Gasteiger charge is 2.44. The number of rotatable bonds is 17. The van der Waals surface area contributed by atoms with Gasteiger partial charge in [0.1, 0.15) is 5.69 Å². The molecule has 1 aromatic heterocycles. The van der Waals surface area contributed by atoms with Gasteiger partial charge in [-0.2, -0.15) is 0 Å². The van der Waals surface area contributed by atoms with Crippen LogP contribution >= 0.6 is 0 Å². The second-order valence-electron chi connectivity index (χ2n) is 13.6. The van der Waals surface area contributed by atoms with E-state index in [4.69, 9.17) is 18.9 Å². The van der Waals surface area contributed by atoms with Gasteiger partial charge < -0.3 is 23.8 Å². The molecule has 3 rings (SSSR count). The second-order valence-corrected chi connectivity index (χ2v) is 13.6. The predicted octanol–water partition coefficient (Wildman–Crippen LogP) is 2.94. The number of carbonyl (C=O) groups is 3. The molecule has 0 aliphatic carbocycles. The molecule has 0 spiro atoms. The van der Waals surface area contributed by atoms with Crippen LogP contribution in [0, 0.1) is 22.7 Å². The fourth-order valence-corrected chi connectivity index (χ4v) is 5.44. The topological polar surface area (TPSA) is 125 Å². The Kier molecular flexibility index (Phi) is 13.5. The monoisotopic (exact) mass is 607 g/mol. The van der Waals surface area contributed by atoms with Crippen molar-refractivity contribution in [2.75, 3.05) is 65.9 Å². The van der Waals surface area contributed by atoms with Crippen LogP contribution in [-0.2, 0) is 46.4 Å². The van der Waals surface area contributed by atoms with Gasteiger partial charge in [0.05, 0.1) is 84.5 Å². The summed E-state index contributed by atoms with van der Waals surface area (Å²) in [5.74, 6) is 0.259. The Hall–Kier alpha value is -2.41. The van der Waals surface area contributed by atoms with E-state index in [0.717, 1.165) is 25.9 Å². The van der Waals surface area contributed by atoms with E-state index in [1.165, 1.54) is 4.90 Å². The first-order valence-electron chi connectivity index (χ1n) is 15.7. The molecule has 244 valence electrons. The van der Waals surface area contributed by atoms with Crippen LogP contribution in [0.4, 0.5) is 0 Å². The van der Waals surface area contributed by atoms with Crippen LogP contribution in [0.25, 0.3) is 0 Å². The normalized spacial score (nSPS) is 18.7. The number of carbonyl (C=O) groups excluding carboxylic acids is 3. The van der Waals surface area contributed by atoms with Gasteiger partial charge in [0.2, 0.25) is 17.7 Å². The van der Waals surface area contributed by atoms with Crippen LogP contribution < -0.4 is 0 Å². The largest absolute Gasteiger partial charge is 0.379 e. The molecule has 1 unspecified atom stereocenters. The molecule has 1 atom stereocenters. The Labute approximate surface area is 256 Å². The van der Waals surface area contributed by atoms with E-state index in [0.29, 0.717) is 82.8 Å². The predicted molar refractivity (Wildman–Crippen MR) is 160 cm³/mol. The Morgan fingerprint density at radius 3 is 1.93 bits per heavy atom. The van der Waals surface area contributed by atoms with Gasteiger partial charge in [-0.05, 0) is 29.6 Å². The molecule has 12 heteroatoms. The molecule has 0 bridgehead atoms. The molecule has 2 aliphatic heterocycles. The SMILES string of the molecule is CC(C)(C)C1CCN(C(=O)CCOCCOCCOCCOCCn2cc(CN3C(=O)CC(C(C)(C)C)C3=O)nn2)CC1. The minimum absolute atomic E-state index is 0.139. The van der Waals surface area contributed by atoms with Gasteiger partial charge in [0.25, 0.3) is 0 Å². The van der Waals surface area contributed by atoms with Crippen LogP contribution in [0.1, 0.15) is 72.9 Å². The van der Waals surface area contributed by atoms with Gasteiger partial charge in [-0.25, -0.2) is 4.68 Å². The smallest absolute Gasteiger partial charge is 0.233 e. The number of amides is 3. The summed E-state index contributed by atoms with van der Waals surface area (Å²) in [5.41, 5.74) is 0.628. The first-order valence-corrected chi connectivity index (χ1v) is 15.7. The molecule has 3 amide bonds. The molecule has 2 fully saturated rings. The number of hydrogen-bond donors (Lipinski definition) is 0. The van der Waals surface area contributed by atoms with Crippen molar-refractivity contribution >= 4 is 17.7 Å². The lowest BCUT2D eigenvalue weighted by Gasteiger charge is -2.38. The zero-order chi connectivity index (χ0) is 31.5. The minimum atomic E-state index is -0.300. The summed E-state index contributed by atoms with van der Waals surface area (Å²) in [6, 6.07) is 0. The molecule has 0 radical (unpaired) electrons. The van der Waals surface area contributed by atoms with E-state index in [1.807, 2.05) is 25.7 Å². The van der Waals surface area contributed by atoms with E-state index in [1.54, 1.807) is 10.9 Å². The standard InChI is InChI=1S/C31H53N5O7/c1-30(2,3)24-7-10-34(11-8-24)27(37)9-13-40-15-17-42-19-20-43-18-16-41-14-12-35-22-25(32-33-35)23-36-28(38)21-26(29(36)39)31(4,5)6/h22,24,26H,7-21,23H2,1-6H3. The third-order valence-electron chi connectivity index (χ3n) is 8.31. The van der Waals surface area contributed by atoms with Crippen molar-refractivity contribution in [2.45, 2.75) is 80.3 Å². The summed E-state index contributed by atoms with van der Waals surface area (Å²) in [6.45, 7) is 18.7. The van der Waals surface area contributed by atoms with Crippen molar-refractivity contribution in [2.24, 2.45) is 22.7 Å². The maximum Gasteiger partial charge on any atom is 0.233 e. The zero-order valence-electron chi connectivity index (χ0n) is 27.1. The van der Waals surface area contributed by atoms with E-state index < -0.39 is 0 Å². The van der Waals surface area contributed by atoms with Crippen LogP contribution in [0.2, 0.25) is 0 Å². The molecule has 0 saturated carbocycles. The van der Waals surface area contributed by atoms with Crippen molar-refractivity contribution in [1.82, 2.24) is 24.8 Å². The lowest BCUT2D eigenvalue weighted by molar-refractivity contribution is -0.141. The van der Waals surface area contributed by atoms with Crippen LogP contribution in [-0.4, -0.2) is 108 Å². The second kappa shape index (κ2) is 16.6. The average molecular weight is 608 g/mol. The lowest BCUT2D eigenvalue weighted by Crippen LogP contribution is -2.41. The lowest BCUT2D eigenvalue weighted by atomic mass is 9.75. The van der Waals surface area contributed by atoms with Gasteiger partial charge >= 0.3 is 0 Å². The molecule has 0 N–H and O–H groups in total. The summed E-state index contributed by atoms with van der Waals surface area (Å²) < 4.78 is 23.8. The van der Waals surface area contributed by atoms with Gasteiger partial charge in [0.15, 0.2) is 0 Å². The Balaban J connectivity index is 1.12.